The fraction of sp³-hybridized carbons (Fsp3) is 0. The van der Waals surface area contributed by atoms with E-state index in [0.29, 0.717) is 0 Å². The van der Waals surface area contributed by atoms with Crippen molar-refractivity contribution < 1.29 is 29.0 Å². The first kappa shape index (κ1) is 54.2. The molecule has 0 aromatic carbocycles. The number of rotatable bonds is 0. The summed E-state index contributed by atoms with van der Waals surface area (Å²) in [7, 11) is 0. The second-order valence-corrected chi connectivity index (χ2v) is 2.89. The van der Waals surface area contributed by atoms with E-state index in [1.165, 1.54) is 0 Å². The molecule has 0 aliphatic rings. The van der Waals surface area contributed by atoms with Gasteiger partial charge in [-0.05, 0) is 0 Å². The molecule has 0 fully saturated rings. The summed E-state index contributed by atoms with van der Waals surface area (Å²) in [4.78, 5) is 0. The quantitative estimate of drug-likeness (QED) is 0.541. The molecule has 0 atom stereocenters. The van der Waals surface area contributed by atoms with Crippen molar-refractivity contribution in [2.45, 2.75) is 0 Å². The summed E-state index contributed by atoms with van der Waals surface area (Å²) in [5.74, 6) is 0. The molecule has 4 nitrogen and oxygen atoms in total. The third kappa shape index (κ3) is 427. The molecule has 0 aliphatic heterocycles. The van der Waals surface area contributed by atoms with Gasteiger partial charge >= 0.3 is 29.0 Å². The maximum atomic E-state index is 8.63. The third-order valence-corrected chi connectivity index (χ3v) is 0. The zero-order valence-electron chi connectivity index (χ0n) is 4.44. The van der Waals surface area contributed by atoms with Gasteiger partial charge in [0.25, 0.3) is 0 Å². The molecule has 0 heterocycles. The van der Waals surface area contributed by atoms with E-state index < -0.39 is 14.8 Å². The van der Waals surface area contributed by atoms with Gasteiger partial charge in [-0.3, -0.25) is 0 Å². The Morgan fingerprint density at radius 3 is 0.455 bits per heavy atom. The molecule has 0 saturated heterocycles. The fourth-order valence-electron chi connectivity index (χ4n) is 0. The van der Waals surface area contributed by atoms with Crippen LogP contribution in [0.2, 0.25) is 0 Å². The topological polar surface area (TPSA) is 68.3 Å². The average molecular weight is 473 g/mol. The number of hydrogen-bond acceptors (Lipinski definition) is 4. The van der Waals surface area contributed by atoms with Crippen LogP contribution in [0.25, 0.3) is 0 Å². The van der Waals surface area contributed by atoms with Gasteiger partial charge < -0.3 is 0 Å². The average Bonchev–Trinajstić information content (AvgIpc) is 0.722. The molecule has 0 aromatic heterocycles. The molecule has 0 N–H and O–H groups in total. The number of halogens is 6. The van der Waals surface area contributed by atoms with Crippen molar-refractivity contribution in [3.8, 4) is 0 Å². The van der Waals surface area contributed by atoms with Crippen molar-refractivity contribution in [2.24, 2.45) is 0 Å². The summed E-state index contributed by atoms with van der Waals surface area (Å²) in [6.45, 7) is 0. The molecule has 0 aliphatic carbocycles. The van der Waals surface area contributed by atoms with E-state index in [2.05, 4.69) is 0 Å². The van der Waals surface area contributed by atoms with Gasteiger partial charge in [-0.1, -0.05) is 0 Å². The summed E-state index contributed by atoms with van der Waals surface area (Å²) in [6, 6.07) is 0. The van der Waals surface area contributed by atoms with Crippen LogP contribution in [-0.4, -0.2) is 0 Å². The first-order chi connectivity index (χ1) is 2.00. The van der Waals surface area contributed by atoms with Crippen LogP contribution >= 0.6 is 74.4 Å². The first-order valence-corrected chi connectivity index (χ1v) is 4.73. The Bertz CT molecular complexity index is 166. The molecule has 0 rings (SSSR count). The summed E-state index contributed by atoms with van der Waals surface area (Å²) < 4.78 is 34.5. The van der Waals surface area contributed by atoms with E-state index in [-0.39, 0.29) is 74.4 Å². The summed E-state index contributed by atoms with van der Waals surface area (Å²) in [6.07, 6.45) is 0. The second-order valence-electron chi connectivity index (χ2n) is 0.354. The molecule has 0 saturated carbocycles. The first-order valence-electron chi connectivity index (χ1n) is 0.577. The summed E-state index contributed by atoms with van der Waals surface area (Å²) >= 11 is -6.06. The third-order valence-electron chi connectivity index (χ3n) is 0. The summed E-state index contributed by atoms with van der Waals surface area (Å²) in [5.41, 5.74) is 0. The van der Waals surface area contributed by atoms with Crippen molar-refractivity contribution in [3.63, 3.8) is 0 Å². The van der Waals surface area contributed by atoms with Crippen LogP contribution in [0.3, 0.4) is 0 Å². The van der Waals surface area contributed by atoms with E-state index >= 15 is 0 Å². The predicted octanol–water partition coefficient (Wildman–Crippen LogP) is 2.05. The van der Waals surface area contributed by atoms with Crippen molar-refractivity contribution >= 4 is 74.4 Å². The van der Waals surface area contributed by atoms with Gasteiger partial charge in [-0.2, -0.15) is 0 Å². The van der Waals surface area contributed by atoms with Crippen molar-refractivity contribution in [1.29, 1.82) is 0 Å². The fourth-order valence-corrected chi connectivity index (χ4v) is 0. The van der Waals surface area contributed by atoms with Crippen LogP contribution in [0.4, 0.5) is 0 Å². The standard InChI is InChI=1S/6ClH.4O.Os/h6*1H;;;;;. The maximum absolute atomic E-state index is 8.63. The van der Waals surface area contributed by atoms with Crippen molar-refractivity contribution in [2.75, 3.05) is 0 Å². The molecule has 0 radical (unpaired) electrons. The summed E-state index contributed by atoms with van der Waals surface area (Å²) in [5, 5.41) is 0. The Labute approximate surface area is 103 Å². The molecule has 0 amide bonds. The van der Waals surface area contributed by atoms with E-state index in [9.17, 15) is 0 Å². The van der Waals surface area contributed by atoms with Gasteiger partial charge in [0.2, 0.25) is 0 Å². The normalized spacial score (nSPS) is 5.09. The van der Waals surface area contributed by atoms with Crippen LogP contribution in [0.5, 0.6) is 0 Å². The Morgan fingerprint density at radius 1 is 0.455 bits per heavy atom. The Morgan fingerprint density at radius 2 is 0.455 bits per heavy atom. The number of hydrogen-bond donors (Lipinski definition) is 0. The Hall–Kier alpha value is 1.58. The minimum atomic E-state index is -6.06. The van der Waals surface area contributed by atoms with Gasteiger partial charge in [0, 0.05) is 0 Å². The minimum absolute atomic E-state index is 0. The monoisotopic (exact) mass is 472 g/mol. The van der Waals surface area contributed by atoms with Gasteiger partial charge in [0.15, 0.2) is 0 Å². The van der Waals surface area contributed by atoms with E-state index in [0.717, 1.165) is 0 Å². The molecule has 0 unspecified atom stereocenters. The van der Waals surface area contributed by atoms with E-state index in [4.69, 9.17) is 14.2 Å². The molecule has 0 bridgehead atoms. The van der Waals surface area contributed by atoms with Gasteiger partial charge in [0.1, 0.15) is 0 Å². The van der Waals surface area contributed by atoms with Crippen LogP contribution in [0.1, 0.15) is 0 Å². The molecular weight excluding hydrogens is 467 g/mol. The molecule has 0 spiro atoms. The predicted molar refractivity (Wildman–Crippen MR) is 46.2 cm³/mol. The molecule has 11 heavy (non-hydrogen) atoms. The zero-order chi connectivity index (χ0) is 4.50. The van der Waals surface area contributed by atoms with Gasteiger partial charge in [-0.25, -0.2) is 0 Å². The van der Waals surface area contributed by atoms with Crippen LogP contribution in [0, 0.1) is 0 Å². The van der Waals surface area contributed by atoms with Crippen LogP contribution < -0.4 is 0 Å². The second kappa shape index (κ2) is 22.6. The van der Waals surface area contributed by atoms with Gasteiger partial charge in [0.05, 0.1) is 0 Å². The van der Waals surface area contributed by atoms with Crippen molar-refractivity contribution in [3.05, 3.63) is 0 Å². The van der Waals surface area contributed by atoms with E-state index in [1.54, 1.807) is 0 Å². The SMILES string of the molecule is Cl.Cl.Cl.Cl.Cl.Cl.[O]=[Os](=[O])(=[O])=[O]. The molecular formula is H6Cl6O4Os. The zero-order valence-corrected chi connectivity index (χ0v) is 11.9. The van der Waals surface area contributed by atoms with E-state index in [1.807, 2.05) is 0 Å². The van der Waals surface area contributed by atoms with Gasteiger partial charge in [-0.15, -0.1) is 74.4 Å². The van der Waals surface area contributed by atoms with Crippen molar-refractivity contribution in [1.82, 2.24) is 0 Å². The Balaban J connectivity index is -0.00000000533. The molecule has 80 valence electrons. The Kier molecular flexibility index (Phi) is 111. The molecule has 11 heteroatoms. The van der Waals surface area contributed by atoms with Crippen LogP contribution in [-0.2, 0) is 29.0 Å². The molecule has 0 aromatic rings. The van der Waals surface area contributed by atoms with Crippen LogP contribution in [0.15, 0.2) is 0 Å².